The van der Waals surface area contributed by atoms with Gasteiger partial charge in [0.15, 0.2) is 5.13 Å². The first kappa shape index (κ1) is 21.8. The van der Waals surface area contributed by atoms with Crippen molar-refractivity contribution in [3.05, 3.63) is 53.3 Å². The van der Waals surface area contributed by atoms with E-state index in [-0.39, 0.29) is 12.6 Å². The van der Waals surface area contributed by atoms with Crippen molar-refractivity contribution in [1.29, 1.82) is 0 Å². The van der Waals surface area contributed by atoms with Gasteiger partial charge in [-0.15, -0.1) is 0 Å². The molecule has 0 bridgehead atoms. The largest absolute Gasteiger partial charge is 0.616 e. The van der Waals surface area contributed by atoms with Crippen LogP contribution in [0.3, 0.4) is 0 Å². The molecule has 2 N–H and O–H groups in total. The van der Waals surface area contributed by atoms with Gasteiger partial charge in [0.05, 0.1) is 36.0 Å². The maximum atomic E-state index is 12.7. The van der Waals surface area contributed by atoms with E-state index in [4.69, 9.17) is 4.98 Å². The number of carbonyl (C=O) groups excluding carboxylic acids is 1. The highest BCUT2D eigenvalue weighted by molar-refractivity contribution is 7.91. The molecule has 0 unspecified atom stereocenters. The second-order valence-electron chi connectivity index (χ2n) is 7.48. The number of anilines is 1. The Kier molecular flexibility index (Phi) is 6.57. The normalized spacial score (nSPS) is 14.6. The lowest BCUT2D eigenvalue weighted by atomic mass is 10.0. The van der Waals surface area contributed by atoms with Crippen molar-refractivity contribution in [3.8, 4) is 21.7 Å². The molecule has 0 saturated carbocycles. The molecule has 2 amide bonds. The maximum Gasteiger partial charge on any atom is 0.323 e. The number of nitrogens with one attached hydrogen (secondary N) is 1. The van der Waals surface area contributed by atoms with Crippen LogP contribution in [0.4, 0.5) is 9.93 Å². The predicted molar refractivity (Wildman–Crippen MR) is 125 cm³/mol. The lowest BCUT2D eigenvalue weighted by Gasteiger charge is -2.27. The molecule has 0 spiro atoms. The van der Waals surface area contributed by atoms with Crippen molar-refractivity contribution < 1.29 is 14.5 Å². The minimum Gasteiger partial charge on any atom is -0.616 e. The van der Waals surface area contributed by atoms with E-state index in [1.165, 1.54) is 11.3 Å². The third-order valence-electron chi connectivity index (χ3n) is 5.03. The second kappa shape index (κ2) is 9.35. The monoisotopic (exact) mass is 456 g/mol. The number of benzene rings is 1. The molecular weight excluding hydrogens is 432 g/mol. The highest BCUT2D eigenvalue weighted by atomic mass is 32.2. The van der Waals surface area contributed by atoms with Crippen LogP contribution in [0.2, 0.25) is 0 Å². The quantitative estimate of drug-likeness (QED) is 0.585. The molecule has 2 aromatic heterocycles. The number of aryl methyl sites for hydroxylation is 2. The van der Waals surface area contributed by atoms with Crippen LogP contribution in [-0.2, 0) is 17.8 Å². The Morgan fingerprint density at radius 2 is 1.97 bits per heavy atom. The van der Waals surface area contributed by atoms with Gasteiger partial charge < -0.3 is 14.6 Å². The van der Waals surface area contributed by atoms with Crippen LogP contribution >= 0.6 is 11.3 Å². The van der Waals surface area contributed by atoms with E-state index in [9.17, 15) is 14.5 Å². The average molecular weight is 457 g/mol. The van der Waals surface area contributed by atoms with Crippen molar-refractivity contribution >= 4 is 33.7 Å². The minimum atomic E-state index is -0.842. The molecule has 1 fully saturated rings. The summed E-state index contributed by atoms with van der Waals surface area (Å²) in [6.07, 6.45) is 0. The van der Waals surface area contributed by atoms with Crippen LogP contribution in [-0.4, -0.2) is 55.2 Å². The lowest BCUT2D eigenvalue weighted by molar-refractivity contribution is 0.216. The number of thiazole rings is 1. The fourth-order valence-electron chi connectivity index (χ4n) is 3.52. The summed E-state index contributed by atoms with van der Waals surface area (Å²) in [5, 5.41) is 13.0. The van der Waals surface area contributed by atoms with Crippen LogP contribution in [0.5, 0.6) is 0 Å². The van der Waals surface area contributed by atoms with Crippen molar-refractivity contribution in [2.45, 2.75) is 20.5 Å². The predicted octanol–water partition coefficient (Wildman–Crippen LogP) is 3.58. The van der Waals surface area contributed by atoms with Gasteiger partial charge in [0.25, 0.3) is 0 Å². The Labute approximate surface area is 188 Å². The molecule has 3 heterocycles. The van der Waals surface area contributed by atoms with Crippen molar-refractivity contribution in [2.24, 2.45) is 0 Å². The number of carbonyl (C=O) groups is 1. The Balaban J connectivity index is 1.70. The van der Waals surface area contributed by atoms with Crippen LogP contribution < -0.4 is 5.32 Å². The minimum absolute atomic E-state index is 0.146. The highest BCUT2D eigenvalue weighted by Gasteiger charge is 2.25. The maximum absolute atomic E-state index is 12.7. The summed E-state index contributed by atoms with van der Waals surface area (Å²) < 4.78 is 11.6. The SMILES string of the molecule is Cc1cccc(-c2nc(NC(=O)N3CC[S+]([O-])CC3)sc2-c2cc(C)nc(CO)c2)c1. The van der Waals surface area contributed by atoms with E-state index in [2.05, 4.69) is 16.4 Å². The van der Waals surface area contributed by atoms with Gasteiger partial charge in [-0.25, -0.2) is 9.78 Å². The van der Waals surface area contributed by atoms with E-state index in [1.807, 2.05) is 44.2 Å². The molecule has 3 aromatic rings. The van der Waals surface area contributed by atoms with Gasteiger partial charge >= 0.3 is 6.03 Å². The lowest BCUT2D eigenvalue weighted by Crippen LogP contribution is -2.45. The first-order valence-electron chi connectivity index (χ1n) is 10.0. The summed E-state index contributed by atoms with van der Waals surface area (Å²) in [4.78, 5) is 24.4. The molecule has 1 aliphatic heterocycles. The smallest absolute Gasteiger partial charge is 0.323 e. The summed E-state index contributed by atoms with van der Waals surface area (Å²) in [6.45, 7) is 4.72. The number of pyridine rings is 1. The number of hydrogen-bond donors (Lipinski definition) is 2. The molecular formula is C22H24N4O3S2. The molecule has 1 aromatic carbocycles. The Bertz CT molecular complexity index is 1090. The molecule has 4 rings (SSSR count). The van der Waals surface area contributed by atoms with Crippen LogP contribution in [0.15, 0.2) is 36.4 Å². The second-order valence-corrected chi connectivity index (χ2v) is 10.2. The van der Waals surface area contributed by atoms with E-state index in [0.29, 0.717) is 35.4 Å². The molecule has 9 heteroatoms. The zero-order chi connectivity index (χ0) is 22.0. The number of aromatic nitrogens is 2. The fraction of sp³-hybridized carbons (Fsp3) is 0.318. The number of aliphatic hydroxyl groups excluding tert-OH is 1. The zero-order valence-electron chi connectivity index (χ0n) is 17.4. The van der Waals surface area contributed by atoms with Gasteiger partial charge in [-0.05, 0) is 37.6 Å². The van der Waals surface area contributed by atoms with Crippen LogP contribution in [0.1, 0.15) is 17.0 Å². The number of hydrogen-bond acceptors (Lipinski definition) is 6. The van der Waals surface area contributed by atoms with Gasteiger partial charge in [-0.1, -0.05) is 46.3 Å². The Hall–Kier alpha value is -2.46. The van der Waals surface area contributed by atoms with Gasteiger partial charge in [0, 0.05) is 11.3 Å². The standard InChI is InChI=1S/C22H24N4O3S2/c1-14-4-3-5-16(10-14)19-20(17-11-15(2)23-18(12-17)13-27)30-21(24-19)25-22(28)26-6-8-31(29)9-7-26/h3-5,10-12,27H,6-9,13H2,1-2H3,(H,24,25,28). The van der Waals surface area contributed by atoms with Gasteiger partial charge in [0.1, 0.15) is 11.5 Å². The number of urea groups is 1. The average Bonchev–Trinajstić information content (AvgIpc) is 3.17. The molecule has 7 nitrogen and oxygen atoms in total. The van der Waals surface area contributed by atoms with E-state index in [1.54, 1.807) is 4.90 Å². The van der Waals surface area contributed by atoms with E-state index < -0.39 is 11.2 Å². The van der Waals surface area contributed by atoms with Crippen LogP contribution in [0.25, 0.3) is 21.7 Å². The molecule has 1 aliphatic rings. The van der Waals surface area contributed by atoms with Gasteiger partial charge in [-0.2, -0.15) is 0 Å². The summed E-state index contributed by atoms with van der Waals surface area (Å²) in [6, 6.07) is 11.6. The summed E-state index contributed by atoms with van der Waals surface area (Å²) in [5.74, 6) is 1.01. The molecule has 31 heavy (non-hydrogen) atoms. The molecule has 0 atom stereocenters. The summed E-state index contributed by atoms with van der Waals surface area (Å²) >= 11 is 0.553. The fourth-order valence-corrected chi connectivity index (χ4v) is 5.53. The number of nitrogens with zero attached hydrogens (tertiary/aromatic N) is 3. The Morgan fingerprint density at radius 1 is 1.19 bits per heavy atom. The van der Waals surface area contributed by atoms with Gasteiger partial charge in [-0.3, -0.25) is 10.3 Å². The molecule has 0 radical (unpaired) electrons. The number of aliphatic hydroxyl groups is 1. The zero-order valence-corrected chi connectivity index (χ0v) is 19.1. The third kappa shape index (κ3) is 5.07. The van der Waals surface area contributed by atoms with E-state index >= 15 is 0 Å². The van der Waals surface area contributed by atoms with Crippen molar-refractivity contribution in [3.63, 3.8) is 0 Å². The summed E-state index contributed by atoms with van der Waals surface area (Å²) in [7, 11) is 0. The van der Waals surface area contributed by atoms with Crippen molar-refractivity contribution in [1.82, 2.24) is 14.9 Å². The first-order valence-corrected chi connectivity index (χ1v) is 12.3. The first-order chi connectivity index (χ1) is 14.9. The van der Waals surface area contributed by atoms with E-state index in [0.717, 1.165) is 33.0 Å². The van der Waals surface area contributed by atoms with Gasteiger partial charge in [0.2, 0.25) is 0 Å². The van der Waals surface area contributed by atoms with Crippen molar-refractivity contribution in [2.75, 3.05) is 29.9 Å². The third-order valence-corrected chi connectivity index (χ3v) is 7.32. The number of rotatable bonds is 4. The molecule has 0 aliphatic carbocycles. The number of amides is 2. The molecule has 1 saturated heterocycles. The molecule has 162 valence electrons. The Morgan fingerprint density at radius 3 is 2.68 bits per heavy atom. The summed E-state index contributed by atoms with van der Waals surface area (Å²) in [5.41, 5.74) is 5.14. The topological polar surface area (TPSA) is 101 Å². The van der Waals surface area contributed by atoms with Crippen LogP contribution in [0, 0.1) is 13.8 Å². The highest BCUT2D eigenvalue weighted by Crippen LogP contribution is 2.39.